The van der Waals surface area contributed by atoms with Crippen molar-refractivity contribution in [2.75, 3.05) is 26.7 Å². The van der Waals surface area contributed by atoms with E-state index in [1.165, 1.54) is 12.1 Å². The molecule has 7 nitrogen and oxygen atoms in total. The highest BCUT2D eigenvalue weighted by molar-refractivity contribution is 5.78. The lowest BCUT2D eigenvalue weighted by atomic mass is 9.97. The van der Waals surface area contributed by atoms with Gasteiger partial charge in [0.2, 0.25) is 11.8 Å². The van der Waals surface area contributed by atoms with Gasteiger partial charge in [0, 0.05) is 19.5 Å². The van der Waals surface area contributed by atoms with Gasteiger partial charge in [-0.05, 0) is 50.6 Å². The minimum atomic E-state index is -2.84. The first-order valence-electron chi connectivity index (χ1n) is 9.21. The summed E-state index contributed by atoms with van der Waals surface area (Å²) < 4.78 is 34.0. The Labute approximate surface area is 162 Å². The van der Waals surface area contributed by atoms with Crippen LogP contribution in [0.2, 0.25) is 0 Å². The zero-order valence-electron chi connectivity index (χ0n) is 16.0. The maximum atomic E-state index is 12.5. The molecule has 1 aromatic carbocycles. The van der Waals surface area contributed by atoms with Crippen molar-refractivity contribution in [3.63, 3.8) is 0 Å². The minimum Gasteiger partial charge on any atom is -0.435 e. The van der Waals surface area contributed by atoms with Crippen LogP contribution in [-0.2, 0) is 11.3 Å². The van der Waals surface area contributed by atoms with Crippen molar-refractivity contribution in [1.82, 2.24) is 19.9 Å². The topological polar surface area (TPSA) is 71.7 Å². The molecule has 28 heavy (non-hydrogen) atoms. The normalized spacial score (nSPS) is 15.8. The molecule has 0 bridgehead atoms. The van der Waals surface area contributed by atoms with E-state index in [1.807, 2.05) is 0 Å². The van der Waals surface area contributed by atoms with E-state index in [1.54, 1.807) is 31.0 Å². The second-order valence-electron chi connectivity index (χ2n) is 7.00. The van der Waals surface area contributed by atoms with E-state index in [4.69, 9.17) is 4.52 Å². The van der Waals surface area contributed by atoms with Crippen LogP contribution >= 0.6 is 0 Å². The zero-order valence-corrected chi connectivity index (χ0v) is 16.0. The van der Waals surface area contributed by atoms with E-state index in [2.05, 4.69) is 19.8 Å². The molecule has 0 N–H and O–H groups in total. The SMILES string of the molecule is Cc1noc(C2CCN(CC(=O)N(C)Cc3ccc(OC(F)F)cc3)CC2)n1. The van der Waals surface area contributed by atoms with Crippen LogP contribution in [0, 0.1) is 6.92 Å². The first-order chi connectivity index (χ1) is 13.4. The molecule has 0 saturated carbocycles. The summed E-state index contributed by atoms with van der Waals surface area (Å²) in [5.74, 6) is 1.69. The second-order valence-corrected chi connectivity index (χ2v) is 7.00. The molecule has 1 fully saturated rings. The van der Waals surface area contributed by atoms with Crippen molar-refractivity contribution in [2.45, 2.75) is 38.8 Å². The number of ether oxygens (including phenoxy) is 1. The fraction of sp³-hybridized carbons (Fsp3) is 0.526. The largest absolute Gasteiger partial charge is 0.435 e. The van der Waals surface area contributed by atoms with E-state index in [-0.39, 0.29) is 17.6 Å². The van der Waals surface area contributed by atoms with Gasteiger partial charge in [0.1, 0.15) is 5.75 Å². The number of rotatable bonds is 7. The number of likely N-dealkylation sites (tertiary alicyclic amines) is 1. The maximum Gasteiger partial charge on any atom is 0.387 e. The summed E-state index contributed by atoms with van der Waals surface area (Å²) in [6.07, 6.45) is 1.76. The van der Waals surface area contributed by atoms with Crippen LogP contribution in [0.3, 0.4) is 0 Å². The standard InChI is InChI=1S/C19H24F2N4O3/c1-13-22-18(28-23-13)15-7-9-25(10-8-15)12-17(26)24(2)11-14-3-5-16(6-4-14)27-19(20)21/h3-6,15,19H,7-12H2,1-2H3. The van der Waals surface area contributed by atoms with Crippen molar-refractivity contribution < 1.29 is 22.8 Å². The number of carbonyl (C=O) groups is 1. The smallest absolute Gasteiger partial charge is 0.387 e. The van der Waals surface area contributed by atoms with E-state index < -0.39 is 6.61 Å². The molecule has 0 atom stereocenters. The third-order valence-corrected chi connectivity index (χ3v) is 4.83. The van der Waals surface area contributed by atoms with Gasteiger partial charge in [0.05, 0.1) is 6.54 Å². The van der Waals surface area contributed by atoms with Gasteiger partial charge in [-0.1, -0.05) is 17.3 Å². The van der Waals surface area contributed by atoms with Crippen molar-refractivity contribution in [1.29, 1.82) is 0 Å². The molecule has 0 unspecified atom stereocenters. The maximum absolute atomic E-state index is 12.5. The molecule has 3 rings (SSSR count). The number of piperidine rings is 1. The van der Waals surface area contributed by atoms with Crippen LogP contribution < -0.4 is 4.74 Å². The molecule has 2 aromatic rings. The first kappa shape index (κ1) is 20.2. The van der Waals surface area contributed by atoms with E-state index in [0.717, 1.165) is 31.5 Å². The van der Waals surface area contributed by atoms with Gasteiger partial charge in [-0.3, -0.25) is 9.69 Å². The average Bonchev–Trinajstić information content (AvgIpc) is 3.10. The number of hydrogen-bond donors (Lipinski definition) is 0. The molecule has 1 amide bonds. The third-order valence-electron chi connectivity index (χ3n) is 4.83. The highest BCUT2D eigenvalue weighted by Gasteiger charge is 2.26. The molecular weight excluding hydrogens is 370 g/mol. The Balaban J connectivity index is 1.44. The van der Waals surface area contributed by atoms with Gasteiger partial charge in [0.25, 0.3) is 0 Å². The van der Waals surface area contributed by atoms with E-state index >= 15 is 0 Å². The summed E-state index contributed by atoms with van der Waals surface area (Å²) in [5, 5.41) is 3.84. The predicted molar refractivity (Wildman–Crippen MR) is 97.0 cm³/mol. The predicted octanol–water partition coefficient (Wildman–Crippen LogP) is 2.82. The number of carbonyl (C=O) groups excluding carboxylic acids is 1. The van der Waals surface area contributed by atoms with Gasteiger partial charge in [-0.25, -0.2) is 0 Å². The quantitative estimate of drug-likeness (QED) is 0.719. The first-order valence-corrected chi connectivity index (χ1v) is 9.21. The van der Waals surface area contributed by atoms with Crippen LogP contribution in [-0.4, -0.2) is 59.1 Å². The molecule has 1 saturated heterocycles. The van der Waals surface area contributed by atoms with Gasteiger partial charge < -0.3 is 14.2 Å². The van der Waals surface area contributed by atoms with E-state index in [0.29, 0.717) is 24.8 Å². The van der Waals surface area contributed by atoms with Crippen LogP contribution in [0.4, 0.5) is 8.78 Å². The Kier molecular flexibility index (Phi) is 6.56. The monoisotopic (exact) mass is 394 g/mol. The zero-order chi connectivity index (χ0) is 20.1. The summed E-state index contributed by atoms with van der Waals surface area (Å²) in [4.78, 5) is 20.6. The number of halogens is 2. The van der Waals surface area contributed by atoms with Crippen molar-refractivity contribution in [3.05, 3.63) is 41.5 Å². The molecule has 0 aliphatic carbocycles. The molecule has 9 heteroatoms. The lowest BCUT2D eigenvalue weighted by Gasteiger charge is -2.31. The number of likely N-dealkylation sites (N-methyl/N-ethyl adjacent to an activating group) is 1. The highest BCUT2D eigenvalue weighted by Crippen LogP contribution is 2.26. The molecule has 0 spiro atoms. The summed E-state index contributed by atoms with van der Waals surface area (Å²) >= 11 is 0. The Hall–Kier alpha value is -2.55. The molecule has 1 aliphatic heterocycles. The lowest BCUT2D eigenvalue weighted by molar-refractivity contribution is -0.131. The van der Waals surface area contributed by atoms with Gasteiger partial charge in [-0.15, -0.1) is 0 Å². The molecule has 0 radical (unpaired) electrons. The summed E-state index contributed by atoms with van der Waals surface area (Å²) in [6, 6.07) is 6.31. The fourth-order valence-electron chi connectivity index (χ4n) is 3.27. The minimum absolute atomic E-state index is 0.0139. The molecule has 1 aromatic heterocycles. The number of aromatic nitrogens is 2. The Morgan fingerprint density at radius 1 is 1.32 bits per heavy atom. The van der Waals surface area contributed by atoms with Crippen LogP contribution in [0.25, 0.3) is 0 Å². The molecule has 1 aliphatic rings. The summed E-state index contributed by atoms with van der Waals surface area (Å²) in [7, 11) is 1.74. The van der Waals surface area contributed by atoms with Crippen LogP contribution in [0.1, 0.15) is 36.0 Å². The van der Waals surface area contributed by atoms with Crippen molar-refractivity contribution in [3.8, 4) is 5.75 Å². The summed E-state index contributed by atoms with van der Waals surface area (Å²) in [5.41, 5.74) is 0.850. The lowest BCUT2D eigenvalue weighted by Crippen LogP contribution is -2.41. The Bertz CT molecular complexity index is 774. The van der Waals surface area contributed by atoms with E-state index in [9.17, 15) is 13.6 Å². The molecule has 2 heterocycles. The average molecular weight is 394 g/mol. The summed E-state index contributed by atoms with van der Waals surface area (Å²) in [6.45, 7) is 1.31. The van der Waals surface area contributed by atoms with Gasteiger partial charge in [-0.2, -0.15) is 13.8 Å². The third kappa shape index (κ3) is 5.48. The van der Waals surface area contributed by atoms with Crippen molar-refractivity contribution >= 4 is 5.91 Å². The second kappa shape index (κ2) is 9.09. The highest BCUT2D eigenvalue weighted by atomic mass is 19.3. The Morgan fingerprint density at radius 2 is 2.00 bits per heavy atom. The number of amides is 1. The van der Waals surface area contributed by atoms with Crippen LogP contribution in [0.5, 0.6) is 5.75 Å². The molecular formula is C19H24F2N4O3. The Morgan fingerprint density at radius 3 is 2.57 bits per heavy atom. The number of aryl methyl sites for hydroxylation is 1. The fourth-order valence-corrected chi connectivity index (χ4v) is 3.27. The molecule has 152 valence electrons. The van der Waals surface area contributed by atoms with Gasteiger partial charge in [0.15, 0.2) is 5.82 Å². The van der Waals surface area contributed by atoms with Gasteiger partial charge >= 0.3 is 6.61 Å². The van der Waals surface area contributed by atoms with Crippen molar-refractivity contribution in [2.24, 2.45) is 0 Å². The number of nitrogens with zero attached hydrogens (tertiary/aromatic N) is 4. The number of benzene rings is 1. The van der Waals surface area contributed by atoms with Crippen LogP contribution in [0.15, 0.2) is 28.8 Å². The number of hydrogen-bond acceptors (Lipinski definition) is 6. The number of alkyl halides is 2.